The highest BCUT2D eigenvalue weighted by Gasteiger charge is 2.29. The first-order valence-electron chi connectivity index (χ1n) is 6.02. The van der Waals surface area contributed by atoms with Gasteiger partial charge in [-0.05, 0) is 19.4 Å². The number of carboxylic acids is 1. The molecule has 1 amide bonds. The number of aliphatic carboxylic acids is 1. The van der Waals surface area contributed by atoms with E-state index in [1.807, 2.05) is 30.3 Å². The number of benzene rings is 1. The molecule has 104 valence electrons. The molecule has 1 atom stereocenters. The quantitative estimate of drug-likeness (QED) is 0.788. The van der Waals surface area contributed by atoms with Gasteiger partial charge in [-0.1, -0.05) is 30.3 Å². The lowest BCUT2D eigenvalue weighted by Gasteiger charge is -2.22. The summed E-state index contributed by atoms with van der Waals surface area (Å²) in [6.07, 6.45) is 0.171. The largest absolute Gasteiger partial charge is 0.480 e. The molecule has 0 radical (unpaired) electrons. The maximum Gasteiger partial charge on any atom is 0.328 e. The first kappa shape index (κ1) is 15.5. The highest BCUT2D eigenvalue weighted by Crippen LogP contribution is 2.21. The van der Waals surface area contributed by atoms with E-state index in [1.54, 1.807) is 0 Å². The lowest BCUT2D eigenvalue weighted by Crippen LogP contribution is -2.49. The smallest absolute Gasteiger partial charge is 0.328 e. The average molecular weight is 284 g/mol. The van der Waals surface area contributed by atoms with Crippen molar-refractivity contribution >= 4 is 23.5 Å². The molecule has 0 heterocycles. The Kier molecular flexibility index (Phi) is 5.36. The fraction of sp³-hybridized carbons (Fsp3) is 0.429. The summed E-state index contributed by atoms with van der Waals surface area (Å²) in [6.45, 7) is 2.90. The van der Waals surface area contributed by atoms with Crippen LogP contribution in [-0.2, 0) is 9.59 Å². The zero-order valence-electron chi connectivity index (χ0n) is 11.0. The first-order chi connectivity index (χ1) is 8.86. The predicted octanol–water partition coefficient (Wildman–Crippen LogP) is 2.38. The fourth-order valence-electron chi connectivity index (χ4n) is 1.66. The standard InChI is InChI=1S/C14H18ClNO3/c1-14(2,13(18)19)16-12(17)8-11(9-15)10-6-4-3-5-7-10/h3-7,11H,8-9H2,1-2H3,(H,16,17)(H,18,19). The predicted molar refractivity (Wildman–Crippen MR) is 74.4 cm³/mol. The number of hydrogen-bond donors (Lipinski definition) is 2. The van der Waals surface area contributed by atoms with Gasteiger partial charge in [0.25, 0.3) is 0 Å². The third-order valence-corrected chi connectivity index (χ3v) is 3.25. The minimum atomic E-state index is -1.27. The number of rotatable bonds is 6. The second-order valence-electron chi connectivity index (χ2n) is 4.94. The summed E-state index contributed by atoms with van der Waals surface area (Å²) < 4.78 is 0. The SMILES string of the molecule is CC(C)(NC(=O)CC(CCl)c1ccccc1)C(=O)O. The van der Waals surface area contributed by atoms with Crippen molar-refractivity contribution in [2.45, 2.75) is 31.7 Å². The zero-order valence-corrected chi connectivity index (χ0v) is 11.8. The van der Waals surface area contributed by atoms with E-state index in [9.17, 15) is 9.59 Å². The van der Waals surface area contributed by atoms with Gasteiger partial charge in [-0.2, -0.15) is 0 Å². The lowest BCUT2D eigenvalue weighted by atomic mass is 9.96. The van der Waals surface area contributed by atoms with Crippen molar-refractivity contribution in [3.05, 3.63) is 35.9 Å². The average Bonchev–Trinajstić information content (AvgIpc) is 2.36. The van der Waals surface area contributed by atoms with Gasteiger partial charge in [-0.25, -0.2) is 4.79 Å². The molecule has 0 spiro atoms. The monoisotopic (exact) mass is 283 g/mol. The third kappa shape index (κ3) is 4.56. The molecule has 0 aromatic heterocycles. The van der Waals surface area contributed by atoms with Gasteiger partial charge in [0, 0.05) is 18.2 Å². The Morgan fingerprint density at radius 2 is 1.89 bits per heavy atom. The zero-order chi connectivity index (χ0) is 14.5. The normalized spacial score (nSPS) is 12.8. The first-order valence-corrected chi connectivity index (χ1v) is 6.55. The second-order valence-corrected chi connectivity index (χ2v) is 5.25. The molecule has 5 heteroatoms. The van der Waals surface area contributed by atoms with E-state index in [-0.39, 0.29) is 18.2 Å². The summed E-state index contributed by atoms with van der Waals surface area (Å²) in [4.78, 5) is 22.8. The number of alkyl halides is 1. The van der Waals surface area contributed by atoms with E-state index in [1.165, 1.54) is 13.8 Å². The number of nitrogens with one attached hydrogen (secondary N) is 1. The molecule has 19 heavy (non-hydrogen) atoms. The molecule has 1 unspecified atom stereocenters. The summed E-state index contributed by atoms with van der Waals surface area (Å²) >= 11 is 5.88. The number of carbonyl (C=O) groups excluding carboxylic acids is 1. The minimum Gasteiger partial charge on any atom is -0.480 e. The molecular formula is C14H18ClNO3. The highest BCUT2D eigenvalue weighted by molar-refractivity contribution is 6.18. The maximum atomic E-state index is 11.9. The Hall–Kier alpha value is -1.55. The van der Waals surface area contributed by atoms with E-state index in [0.717, 1.165) is 5.56 Å². The Morgan fingerprint density at radius 3 is 2.37 bits per heavy atom. The number of halogens is 1. The van der Waals surface area contributed by atoms with Crippen LogP contribution in [0.2, 0.25) is 0 Å². The molecule has 0 saturated heterocycles. The van der Waals surface area contributed by atoms with Crippen molar-refractivity contribution in [1.29, 1.82) is 0 Å². The van der Waals surface area contributed by atoms with Crippen molar-refractivity contribution in [2.75, 3.05) is 5.88 Å². The molecule has 0 saturated carbocycles. The van der Waals surface area contributed by atoms with Crippen molar-refractivity contribution in [3.63, 3.8) is 0 Å². The molecule has 1 rings (SSSR count). The van der Waals surface area contributed by atoms with Crippen molar-refractivity contribution in [1.82, 2.24) is 5.32 Å². The molecule has 0 aliphatic rings. The molecule has 0 aliphatic carbocycles. The topological polar surface area (TPSA) is 66.4 Å². The van der Waals surface area contributed by atoms with Gasteiger partial charge in [-0.3, -0.25) is 4.79 Å². The molecule has 1 aromatic carbocycles. The van der Waals surface area contributed by atoms with Crippen LogP contribution in [0.25, 0.3) is 0 Å². The van der Waals surface area contributed by atoms with E-state index in [2.05, 4.69) is 5.32 Å². The van der Waals surface area contributed by atoms with Gasteiger partial charge >= 0.3 is 5.97 Å². The Balaban J connectivity index is 2.67. The summed E-state index contributed by atoms with van der Waals surface area (Å²) in [5.74, 6) is -1.19. The van der Waals surface area contributed by atoms with Crippen LogP contribution in [0, 0.1) is 0 Å². The molecule has 0 aliphatic heterocycles. The van der Waals surface area contributed by atoms with Gasteiger partial charge in [-0.15, -0.1) is 11.6 Å². The van der Waals surface area contributed by atoms with Gasteiger partial charge in [0.15, 0.2) is 0 Å². The van der Waals surface area contributed by atoms with Crippen LogP contribution in [0.5, 0.6) is 0 Å². The van der Waals surface area contributed by atoms with Crippen LogP contribution in [0.1, 0.15) is 31.7 Å². The van der Waals surface area contributed by atoms with E-state index in [4.69, 9.17) is 16.7 Å². The summed E-state index contributed by atoms with van der Waals surface area (Å²) in [7, 11) is 0. The Morgan fingerprint density at radius 1 is 1.32 bits per heavy atom. The molecule has 0 bridgehead atoms. The van der Waals surface area contributed by atoms with Gasteiger partial charge in [0.1, 0.15) is 5.54 Å². The molecule has 1 aromatic rings. The van der Waals surface area contributed by atoms with E-state index in [0.29, 0.717) is 5.88 Å². The number of hydrogen-bond acceptors (Lipinski definition) is 2. The van der Waals surface area contributed by atoms with Crippen molar-refractivity contribution in [3.8, 4) is 0 Å². The Bertz CT molecular complexity index is 445. The number of amides is 1. The maximum absolute atomic E-state index is 11.9. The van der Waals surface area contributed by atoms with Gasteiger partial charge in [0.05, 0.1) is 0 Å². The lowest BCUT2D eigenvalue weighted by molar-refractivity contribution is -0.146. The molecular weight excluding hydrogens is 266 g/mol. The molecule has 0 fully saturated rings. The minimum absolute atomic E-state index is 0.118. The highest BCUT2D eigenvalue weighted by atomic mass is 35.5. The number of carbonyl (C=O) groups is 2. The van der Waals surface area contributed by atoms with Crippen LogP contribution < -0.4 is 5.32 Å². The summed E-state index contributed by atoms with van der Waals surface area (Å²) in [5.41, 5.74) is -0.300. The van der Waals surface area contributed by atoms with E-state index >= 15 is 0 Å². The van der Waals surface area contributed by atoms with Crippen LogP contribution in [-0.4, -0.2) is 28.4 Å². The summed E-state index contributed by atoms with van der Waals surface area (Å²) in [5, 5.41) is 11.5. The van der Waals surface area contributed by atoms with E-state index < -0.39 is 11.5 Å². The third-order valence-electron chi connectivity index (χ3n) is 2.88. The summed E-state index contributed by atoms with van der Waals surface area (Å²) in [6, 6.07) is 9.47. The van der Waals surface area contributed by atoms with Crippen LogP contribution in [0.3, 0.4) is 0 Å². The van der Waals surface area contributed by atoms with Gasteiger partial charge in [0.2, 0.25) is 5.91 Å². The second kappa shape index (κ2) is 6.57. The van der Waals surface area contributed by atoms with Crippen LogP contribution >= 0.6 is 11.6 Å². The number of carboxylic acid groups (broad SMARTS) is 1. The molecule has 4 nitrogen and oxygen atoms in total. The van der Waals surface area contributed by atoms with Gasteiger partial charge < -0.3 is 10.4 Å². The molecule has 2 N–H and O–H groups in total. The van der Waals surface area contributed by atoms with Crippen LogP contribution in [0.15, 0.2) is 30.3 Å². The van der Waals surface area contributed by atoms with Crippen molar-refractivity contribution in [2.24, 2.45) is 0 Å². The van der Waals surface area contributed by atoms with Crippen molar-refractivity contribution < 1.29 is 14.7 Å². The Labute approximate surface area is 117 Å². The van der Waals surface area contributed by atoms with Crippen LogP contribution in [0.4, 0.5) is 0 Å². The fourth-order valence-corrected chi connectivity index (χ4v) is 1.95.